The van der Waals surface area contributed by atoms with Crippen molar-refractivity contribution in [3.05, 3.63) is 65.2 Å². The topological polar surface area (TPSA) is 46.2 Å². The van der Waals surface area contributed by atoms with Crippen LogP contribution in [0.25, 0.3) is 0 Å². The van der Waals surface area contributed by atoms with Gasteiger partial charge in [-0.05, 0) is 49.4 Å². The second-order valence-electron chi connectivity index (χ2n) is 6.70. The number of hydrogen-bond acceptors (Lipinski definition) is 3. The van der Waals surface area contributed by atoms with Crippen LogP contribution in [-0.2, 0) is 0 Å². The van der Waals surface area contributed by atoms with Gasteiger partial charge in [-0.1, -0.05) is 29.8 Å². The second kappa shape index (κ2) is 5.34. The number of fused-ring (bicyclic) bond motifs is 1. The molecule has 2 unspecified atom stereocenters. The molecule has 2 saturated carbocycles. The Morgan fingerprint density at radius 3 is 1.91 bits per heavy atom. The number of benzene rings is 2. The quantitative estimate of drug-likeness (QED) is 0.651. The van der Waals surface area contributed by atoms with E-state index in [2.05, 4.69) is 5.32 Å². The molecule has 0 heterocycles. The molecule has 2 aromatic carbocycles. The normalized spacial score (nSPS) is 23.8. The number of nitrogens with one attached hydrogen (secondary N) is 1. The second-order valence-corrected chi connectivity index (χ2v) is 6.70. The maximum absolute atomic E-state index is 12.3. The summed E-state index contributed by atoms with van der Waals surface area (Å²) in [7, 11) is 0. The molecule has 2 atom stereocenters. The van der Waals surface area contributed by atoms with Crippen molar-refractivity contribution < 1.29 is 9.59 Å². The molecule has 2 aliphatic rings. The van der Waals surface area contributed by atoms with Crippen molar-refractivity contribution in [3.8, 4) is 0 Å². The monoisotopic (exact) mass is 305 g/mol. The molecule has 0 aromatic heterocycles. The molecule has 4 rings (SSSR count). The average Bonchev–Trinajstić information content (AvgIpc) is 3.45. The summed E-state index contributed by atoms with van der Waals surface area (Å²) < 4.78 is 0. The zero-order valence-electron chi connectivity index (χ0n) is 13.1. The van der Waals surface area contributed by atoms with E-state index in [1.54, 1.807) is 24.3 Å². The van der Waals surface area contributed by atoms with Crippen LogP contribution in [0.3, 0.4) is 0 Å². The van der Waals surface area contributed by atoms with E-state index in [0.717, 1.165) is 23.1 Å². The summed E-state index contributed by atoms with van der Waals surface area (Å²) in [4.78, 5) is 24.4. The first-order valence-electron chi connectivity index (χ1n) is 8.11. The molecule has 0 radical (unpaired) electrons. The van der Waals surface area contributed by atoms with Gasteiger partial charge in [0.1, 0.15) is 0 Å². The van der Waals surface area contributed by atoms with Crippen LogP contribution in [0.1, 0.15) is 39.1 Å². The fraction of sp³-hybridized carbons (Fsp3) is 0.300. The number of Topliss-reactive ketones (excluding diaryl/α,β-unsaturated/α-hetero) is 2. The van der Waals surface area contributed by atoms with Crippen LogP contribution in [-0.4, -0.2) is 17.6 Å². The lowest BCUT2D eigenvalue weighted by molar-refractivity contribution is 0.0894. The van der Waals surface area contributed by atoms with Gasteiger partial charge in [-0.25, -0.2) is 0 Å². The standard InChI is InChI=1S/C20H19NO2/c1-12-2-4-13(5-3-12)18(22)11-19(23)14-6-8-15(9-7-14)21-20-16-10-17(16)20/h2-9,16-17,20-21H,10-11H2,1H3. The molecule has 23 heavy (non-hydrogen) atoms. The highest BCUT2D eigenvalue weighted by atomic mass is 16.1. The highest BCUT2D eigenvalue weighted by Crippen LogP contribution is 2.63. The maximum Gasteiger partial charge on any atom is 0.170 e. The molecular formula is C20H19NO2. The maximum atomic E-state index is 12.3. The number of hydrogen-bond donors (Lipinski definition) is 1. The Kier molecular flexibility index (Phi) is 3.29. The number of anilines is 1. The summed E-state index contributed by atoms with van der Waals surface area (Å²) in [5.74, 6) is 1.53. The van der Waals surface area contributed by atoms with Crippen molar-refractivity contribution in [1.29, 1.82) is 0 Å². The minimum atomic E-state index is -0.129. The van der Waals surface area contributed by atoms with Gasteiger partial charge >= 0.3 is 0 Å². The van der Waals surface area contributed by atoms with Crippen LogP contribution in [0.5, 0.6) is 0 Å². The third-order valence-electron chi connectivity index (χ3n) is 4.91. The molecule has 3 nitrogen and oxygen atoms in total. The highest BCUT2D eigenvalue weighted by Gasteiger charge is 2.64. The summed E-state index contributed by atoms with van der Waals surface area (Å²) in [5, 5.41) is 3.48. The zero-order chi connectivity index (χ0) is 16.0. The highest BCUT2D eigenvalue weighted by molar-refractivity contribution is 6.13. The van der Waals surface area contributed by atoms with Crippen LogP contribution in [0.4, 0.5) is 5.69 Å². The Morgan fingerprint density at radius 2 is 1.43 bits per heavy atom. The van der Waals surface area contributed by atoms with E-state index in [4.69, 9.17) is 0 Å². The molecule has 0 amide bonds. The van der Waals surface area contributed by atoms with Gasteiger partial charge in [0.05, 0.1) is 6.42 Å². The van der Waals surface area contributed by atoms with Crippen molar-refractivity contribution >= 4 is 17.3 Å². The summed E-state index contributed by atoms with van der Waals surface area (Å²) in [5.41, 5.74) is 3.35. The molecule has 116 valence electrons. The Morgan fingerprint density at radius 1 is 0.913 bits per heavy atom. The molecule has 1 N–H and O–H groups in total. The van der Waals surface area contributed by atoms with Crippen LogP contribution >= 0.6 is 0 Å². The van der Waals surface area contributed by atoms with Crippen molar-refractivity contribution in [2.45, 2.75) is 25.8 Å². The summed E-state index contributed by atoms with van der Waals surface area (Å²) in [6.07, 6.45) is 1.29. The minimum Gasteiger partial charge on any atom is -0.382 e. The lowest BCUT2D eigenvalue weighted by Crippen LogP contribution is -2.11. The van der Waals surface area contributed by atoms with Crippen molar-refractivity contribution in [2.75, 3.05) is 5.32 Å². The molecule has 0 spiro atoms. The third-order valence-corrected chi connectivity index (χ3v) is 4.91. The van der Waals surface area contributed by atoms with Crippen LogP contribution in [0.2, 0.25) is 0 Å². The van der Waals surface area contributed by atoms with Gasteiger partial charge < -0.3 is 5.32 Å². The Bertz CT molecular complexity index is 753. The van der Waals surface area contributed by atoms with Crippen molar-refractivity contribution in [1.82, 2.24) is 0 Å². The molecule has 2 aromatic rings. The van der Waals surface area contributed by atoms with E-state index in [-0.39, 0.29) is 18.0 Å². The SMILES string of the molecule is Cc1ccc(C(=O)CC(=O)c2ccc(NC3C4CC43)cc2)cc1. The third kappa shape index (κ3) is 2.91. The number of ketones is 2. The summed E-state index contributed by atoms with van der Waals surface area (Å²) in [6, 6.07) is 15.5. The van der Waals surface area contributed by atoms with Gasteiger partial charge in [0.2, 0.25) is 0 Å². The summed E-state index contributed by atoms with van der Waals surface area (Å²) in [6.45, 7) is 1.97. The van der Waals surface area contributed by atoms with E-state index in [1.807, 2.05) is 31.2 Å². The van der Waals surface area contributed by atoms with Crippen LogP contribution < -0.4 is 5.32 Å². The Hall–Kier alpha value is -2.42. The van der Waals surface area contributed by atoms with E-state index in [1.165, 1.54) is 6.42 Å². The van der Waals surface area contributed by atoms with Gasteiger partial charge in [-0.2, -0.15) is 0 Å². The van der Waals surface area contributed by atoms with Gasteiger partial charge in [-0.15, -0.1) is 0 Å². The first-order valence-corrected chi connectivity index (χ1v) is 8.11. The number of rotatable bonds is 6. The lowest BCUT2D eigenvalue weighted by atomic mass is 10.0. The van der Waals surface area contributed by atoms with Crippen LogP contribution in [0, 0.1) is 18.8 Å². The average molecular weight is 305 g/mol. The van der Waals surface area contributed by atoms with Crippen molar-refractivity contribution in [2.24, 2.45) is 11.8 Å². The smallest absolute Gasteiger partial charge is 0.170 e. The number of carbonyl (C=O) groups is 2. The summed E-state index contributed by atoms with van der Waals surface area (Å²) >= 11 is 0. The Balaban J connectivity index is 1.37. The molecular weight excluding hydrogens is 286 g/mol. The predicted molar refractivity (Wildman–Crippen MR) is 89.9 cm³/mol. The van der Waals surface area contributed by atoms with Gasteiger partial charge in [-0.3, -0.25) is 9.59 Å². The lowest BCUT2D eigenvalue weighted by Gasteiger charge is -2.09. The van der Waals surface area contributed by atoms with Crippen molar-refractivity contribution in [3.63, 3.8) is 0 Å². The van der Waals surface area contributed by atoms with E-state index < -0.39 is 0 Å². The largest absolute Gasteiger partial charge is 0.382 e. The number of carbonyl (C=O) groups excluding carboxylic acids is 2. The fourth-order valence-electron chi connectivity index (χ4n) is 3.03. The molecule has 3 heteroatoms. The van der Waals surface area contributed by atoms with Crippen LogP contribution in [0.15, 0.2) is 48.5 Å². The first-order chi connectivity index (χ1) is 11.1. The first kappa shape index (κ1) is 14.2. The van der Waals surface area contributed by atoms with E-state index in [0.29, 0.717) is 17.2 Å². The zero-order valence-corrected chi connectivity index (χ0v) is 13.1. The van der Waals surface area contributed by atoms with Gasteiger partial charge in [0.25, 0.3) is 0 Å². The van der Waals surface area contributed by atoms with E-state index >= 15 is 0 Å². The van der Waals surface area contributed by atoms with Gasteiger partial charge in [0, 0.05) is 22.9 Å². The minimum absolute atomic E-state index is 0.0807. The predicted octanol–water partition coefficient (Wildman–Crippen LogP) is 3.88. The van der Waals surface area contributed by atoms with E-state index in [9.17, 15) is 9.59 Å². The fourth-order valence-corrected chi connectivity index (χ4v) is 3.03. The Labute approximate surface area is 135 Å². The van der Waals surface area contributed by atoms with Gasteiger partial charge in [0.15, 0.2) is 11.6 Å². The molecule has 2 fully saturated rings. The molecule has 0 aliphatic heterocycles. The molecule has 0 bridgehead atoms. The number of aryl methyl sites for hydroxylation is 1. The molecule has 0 saturated heterocycles. The molecule has 2 aliphatic carbocycles.